The van der Waals surface area contributed by atoms with Crippen LogP contribution < -0.4 is 5.32 Å². The van der Waals surface area contributed by atoms with Gasteiger partial charge in [0.2, 0.25) is 0 Å². The van der Waals surface area contributed by atoms with E-state index < -0.39 is 6.10 Å². The molecule has 1 heterocycles. The summed E-state index contributed by atoms with van der Waals surface area (Å²) in [6.45, 7) is 5.51. The Hall–Kier alpha value is -1.01. The van der Waals surface area contributed by atoms with Crippen molar-refractivity contribution in [3.8, 4) is 0 Å². The van der Waals surface area contributed by atoms with Crippen LogP contribution in [-0.4, -0.2) is 49.2 Å². The van der Waals surface area contributed by atoms with Crippen LogP contribution in [0.3, 0.4) is 0 Å². The van der Waals surface area contributed by atoms with Crippen LogP contribution in [0.1, 0.15) is 25.5 Å². The molecule has 0 aliphatic carbocycles. The molecule has 0 aliphatic rings. The number of hydrogen-bond donors (Lipinski definition) is 2. The molecule has 0 spiro atoms. The fourth-order valence-corrected chi connectivity index (χ4v) is 1.61. The predicted octanol–water partition coefficient (Wildman–Crippen LogP) is 1.37. The first-order valence-corrected chi connectivity index (χ1v) is 7.27. The van der Waals surface area contributed by atoms with Gasteiger partial charge < -0.3 is 19.9 Å². The predicted molar refractivity (Wildman–Crippen MR) is 78.5 cm³/mol. The van der Waals surface area contributed by atoms with Crippen molar-refractivity contribution >= 4 is 0 Å². The third kappa shape index (κ3) is 8.98. The molecule has 0 amide bonds. The van der Waals surface area contributed by atoms with Crippen LogP contribution >= 0.6 is 0 Å². The quantitative estimate of drug-likeness (QED) is 0.567. The average molecular weight is 282 g/mol. The van der Waals surface area contributed by atoms with E-state index in [-0.39, 0.29) is 0 Å². The summed E-state index contributed by atoms with van der Waals surface area (Å²) in [7, 11) is 0. The minimum absolute atomic E-state index is 0.326. The summed E-state index contributed by atoms with van der Waals surface area (Å²) in [6, 6.07) is 5.78. The van der Waals surface area contributed by atoms with Crippen LogP contribution in [0.15, 0.2) is 24.4 Å². The maximum absolute atomic E-state index is 9.72. The standard InChI is InChI=1S/C15H26N2O3/c1-2-3-8-19-9-10-20-13-15(18)12-16-11-14-6-4-5-7-17-14/h4-7,15-16,18H,2-3,8-13H2,1H3. The maximum Gasteiger partial charge on any atom is 0.0897 e. The Morgan fingerprint density at radius 3 is 2.85 bits per heavy atom. The summed E-state index contributed by atoms with van der Waals surface area (Å²) in [6.07, 6.45) is 3.48. The molecule has 0 radical (unpaired) electrons. The van der Waals surface area contributed by atoms with E-state index in [0.717, 1.165) is 25.1 Å². The van der Waals surface area contributed by atoms with Gasteiger partial charge >= 0.3 is 0 Å². The van der Waals surface area contributed by atoms with Crippen molar-refractivity contribution in [1.82, 2.24) is 10.3 Å². The average Bonchev–Trinajstić information content (AvgIpc) is 2.47. The van der Waals surface area contributed by atoms with Crippen molar-refractivity contribution in [2.75, 3.05) is 33.0 Å². The molecule has 114 valence electrons. The fourth-order valence-electron chi connectivity index (χ4n) is 1.61. The van der Waals surface area contributed by atoms with E-state index >= 15 is 0 Å². The maximum atomic E-state index is 9.72. The molecule has 0 aromatic carbocycles. The van der Waals surface area contributed by atoms with Gasteiger partial charge in [0, 0.05) is 25.9 Å². The van der Waals surface area contributed by atoms with E-state index in [1.807, 2.05) is 18.2 Å². The minimum atomic E-state index is -0.505. The molecular weight excluding hydrogens is 256 g/mol. The van der Waals surface area contributed by atoms with Crippen molar-refractivity contribution < 1.29 is 14.6 Å². The van der Waals surface area contributed by atoms with E-state index in [2.05, 4.69) is 17.2 Å². The Balaban J connectivity index is 1.91. The molecule has 5 nitrogen and oxygen atoms in total. The highest BCUT2D eigenvalue weighted by atomic mass is 16.5. The largest absolute Gasteiger partial charge is 0.389 e. The number of pyridine rings is 1. The Bertz CT molecular complexity index is 322. The summed E-state index contributed by atoms with van der Waals surface area (Å²) < 4.78 is 10.7. The van der Waals surface area contributed by atoms with E-state index in [0.29, 0.717) is 32.9 Å². The number of ether oxygens (including phenoxy) is 2. The fraction of sp³-hybridized carbons (Fsp3) is 0.667. The Morgan fingerprint density at radius 2 is 2.10 bits per heavy atom. The highest BCUT2D eigenvalue weighted by Gasteiger charge is 2.03. The SMILES string of the molecule is CCCCOCCOCC(O)CNCc1ccccn1. The molecule has 1 unspecified atom stereocenters. The van der Waals surface area contributed by atoms with Crippen LogP contribution in [0.4, 0.5) is 0 Å². The first kappa shape index (κ1) is 17.0. The summed E-state index contributed by atoms with van der Waals surface area (Å²) >= 11 is 0. The van der Waals surface area contributed by atoms with Crippen molar-refractivity contribution in [3.05, 3.63) is 30.1 Å². The highest BCUT2D eigenvalue weighted by Crippen LogP contribution is 1.93. The molecule has 2 N–H and O–H groups in total. The Labute approximate surface area is 121 Å². The molecule has 0 fully saturated rings. The number of nitrogens with zero attached hydrogens (tertiary/aromatic N) is 1. The monoisotopic (exact) mass is 282 g/mol. The minimum Gasteiger partial charge on any atom is -0.389 e. The van der Waals surface area contributed by atoms with Gasteiger partial charge in [0.05, 0.1) is 31.6 Å². The first-order valence-electron chi connectivity index (χ1n) is 7.27. The molecule has 1 atom stereocenters. The van der Waals surface area contributed by atoms with Crippen LogP contribution in [0.2, 0.25) is 0 Å². The summed E-state index contributed by atoms with van der Waals surface area (Å²) in [5, 5.41) is 12.9. The van der Waals surface area contributed by atoms with Gasteiger partial charge in [-0.1, -0.05) is 19.4 Å². The van der Waals surface area contributed by atoms with Crippen molar-refractivity contribution in [1.29, 1.82) is 0 Å². The van der Waals surface area contributed by atoms with Crippen LogP contribution in [0.5, 0.6) is 0 Å². The van der Waals surface area contributed by atoms with Gasteiger partial charge in [0.25, 0.3) is 0 Å². The molecule has 1 aromatic rings. The molecule has 0 aliphatic heterocycles. The Kier molecular flexibility index (Phi) is 10.0. The van der Waals surface area contributed by atoms with Gasteiger partial charge in [-0.2, -0.15) is 0 Å². The lowest BCUT2D eigenvalue weighted by Crippen LogP contribution is -2.30. The van der Waals surface area contributed by atoms with Gasteiger partial charge in [-0.15, -0.1) is 0 Å². The number of rotatable bonds is 12. The third-order valence-corrected chi connectivity index (χ3v) is 2.74. The number of aliphatic hydroxyl groups excluding tert-OH is 1. The lowest BCUT2D eigenvalue weighted by Gasteiger charge is -2.12. The smallest absolute Gasteiger partial charge is 0.0897 e. The molecule has 1 aromatic heterocycles. The van der Waals surface area contributed by atoms with Gasteiger partial charge in [0.15, 0.2) is 0 Å². The van der Waals surface area contributed by atoms with Gasteiger partial charge in [-0.25, -0.2) is 0 Å². The van der Waals surface area contributed by atoms with Crippen LogP contribution in [-0.2, 0) is 16.0 Å². The van der Waals surface area contributed by atoms with Crippen molar-refractivity contribution in [2.45, 2.75) is 32.4 Å². The lowest BCUT2D eigenvalue weighted by molar-refractivity contribution is 0.00383. The van der Waals surface area contributed by atoms with Gasteiger partial charge in [0.1, 0.15) is 0 Å². The van der Waals surface area contributed by atoms with Gasteiger partial charge in [-0.05, 0) is 18.6 Å². The number of hydrogen-bond acceptors (Lipinski definition) is 5. The van der Waals surface area contributed by atoms with E-state index in [9.17, 15) is 5.11 Å². The second kappa shape index (κ2) is 11.8. The second-order valence-electron chi connectivity index (χ2n) is 4.65. The van der Waals surface area contributed by atoms with Crippen molar-refractivity contribution in [2.24, 2.45) is 0 Å². The molecule has 0 bridgehead atoms. The number of aromatic nitrogens is 1. The topological polar surface area (TPSA) is 63.6 Å². The number of aliphatic hydroxyl groups is 1. The normalized spacial score (nSPS) is 12.5. The lowest BCUT2D eigenvalue weighted by atomic mass is 10.3. The summed E-state index contributed by atoms with van der Waals surface area (Å²) in [5.74, 6) is 0. The molecule has 20 heavy (non-hydrogen) atoms. The van der Waals surface area contributed by atoms with E-state index in [4.69, 9.17) is 9.47 Å². The van der Waals surface area contributed by atoms with Crippen LogP contribution in [0.25, 0.3) is 0 Å². The van der Waals surface area contributed by atoms with Gasteiger partial charge in [-0.3, -0.25) is 4.98 Å². The summed E-state index contributed by atoms with van der Waals surface area (Å²) in [4.78, 5) is 4.19. The summed E-state index contributed by atoms with van der Waals surface area (Å²) in [5.41, 5.74) is 0.963. The molecular formula is C15H26N2O3. The highest BCUT2D eigenvalue weighted by molar-refractivity contribution is 5.02. The van der Waals surface area contributed by atoms with Crippen LogP contribution in [0, 0.1) is 0 Å². The molecule has 0 saturated carbocycles. The zero-order chi connectivity index (χ0) is 14.5. The zero-order valence-electron chi connectivity index (χ0n) is 12.3. The van der Waals surface area contributed by atoms with E-state index in [1.54, 1.807) is 6.20 Å². The molecule has 0 saturated heterocycles. The first-order chi connectivity index (χ1) is 9.83. The molecule has 1 rings (SSSR count). The third-order valence-electron chi connectivity index (χ3n) is 2.74. The van der Waals surface area contributed by atoms with Crippen molar-refractivity contribution in [3.63, 3.8) is 0 Å². The Morgan fingerprint density at radius 1 is 1.25 bits per heavy atom. The number of nitrogens with one attached hydrogen (secondary N) is 1. The molecule has 5 heteroatoms. The number of unbranched alkanes of at least 4 members (excludes halogenated alkanes) is 1. The van der Waals surface area contributed by atoms with E-state index in [1.165, 1.54) is 0 Å². The second-order valence-corrected chi connectivity index (χ2v) is 4.65. The zero-order valence-corrected chi connectivity index (χ0v) is 12.3.